The van der Waals surface area contributed by atoms with Crippen molar-refractivity contribution in [2.24, 2.45) is 17.8 Å². The normalized spacial score (nSPS) is 28.2. The van der Waals surface area contributed by atoms with Crippen LogP contribution in [0.25, 0.3) is 11.1 Å². The van der Waals surface area contributed by atoms with Crippen molar-refractivity contribution in [1.82, 2.24) is 0 Å². The van der Waals surface area contributed by atoms with E-state index in [-0.39, 0.29) is 25.2 Å². The van der Waals surface area contributed by atoms with Gasteiger partial charge in [-0.25, -0.2) is 4.79 Å². The summed E-state index contributed by atoms with van der Waals surface area (Å²) < 4.78 is 41.6. The Kier molecular flexibility index (Phi) is 6.30. The lowest BCUT2D eigenvalue weighted by Crippen LogP contribution is -2.46. The lowest BCUT2D eigenvalue weighted by atomic mass is 9.75. The van der Waals surface area contributed by atoms with E-state index < -0.39 is 23.6 Å². The summed E-state index contributed by atoms with van der Waals surface area (Å²) in [5.74, 6) is 1.43. The number of hydrogen-bond acceptors (Lipinski definition) is 9. The molecule has 1 N–H and O–H groups in total. The topological polar surface area (TPSA) is 102 Å². The highest BCUT2D eigenvalue weighted by atomic mass is 16.7. The summed E-state index contributed by atoms with van der Waals surface area (Å²) in [7, 11) is 4.64. The minimum absolute atomic E-state index is 0.0368. The first-order valence-electron chi connectivity index (χ1n) is 12.5. The molecule has 0 saturated heterocycles. The lowest BCUT2D eigenvalue weighted by molar-refractivity contribution is -0.179. The highest BCUT2D eigenvalue weighted by Crippen LogP contribution is 2.59. The zero-order valence-electron chi connectivity index (χ0n) is 22.3. The minimum Gasteiger partial charge on any atom is -0.493 e. The van der Waals surface area contributed by atoms with E-state index in [4.69, 9.17) is 33.2 Å². The zero-order valence-corrected chi connectivity index (χ0v) is 22.3. The summed E-state index contributed by atoms with van der Waals surface area (Å²) in [6, 6.07) is 3.80. The van der Waals surface area contributed by atoms with Gasteiger partial charge < -0.3 is 38.3 Å². The maximum Gasteiger partial charge on any atom is 0.338 e. The van der Waals surface area contributed by atoms with Crippen molar-refractivity contribution in [2.75, 3.05) is 34.7 Å². The number of benzene rings is 2. The molecular weight excluding hydrogens is 480 g/mol. The van der Waals surface area contributed by atoms with Crippen LogP contribution >= 0.6 is 0 Å². The Balaban J connectivity index is 1.95. The van der Waals surface area contributed by atoms with E-state index >= 15 is 0 Å². The molecule has 3 aliphatic rings. The molecule has 5 atom stereocenters. The first kappa shape index (κ1) is 25.3. The Labute approximate surface area is 216 Å². The molecule has 9 heteroatoms. The van der Waals surface area contributed by atoms with Gasteiger partial charge in [-0.05, 0) is 37.0 Å². The van der Waals surface area contributed by atoms with Crippen molar-refractivity contribution >= 4 is 5.97 Å². The smallest absolute Gasteiger partial charge is 0.338 e. The Morgan fingerprint density at radius 1 is 0.946 bits per heavy atom. The predicted octanol–water partition coefficient (Wildman–Crippen LogP) is 4.30. The molecule has 2 bridgehead atoms. The van der Waals surface area contributed by atoms with E-state index in [2.05, 4.69) is 6.92 Å². The molecule has 5 rings (SSSR count). The average molecular weight is 515 g/mol. The lowest BCUT2D eigenvalue weighted by Gasteiger charge is -2.36. The van der Waals surface area contributed by atoms with Crippen molar-refractivity contribution in [1.29, 1.82) is 0 Å². The van der Waals surface area contributed by atoms with Crippen molar-refractivity contribution < 1.29 is 43.1 Å². The standard InChI is InChI=1S/C28H34O9/c1-13-8-16-9-19-24(36-12-35-19)26-20(16)21-17(10-18(31-5)23(32-6)25(21)33-7)22(15(13)3)37-27(29)28(4,30)14(2)11-34-26/h9-10,13-15,22,30H,8,11-12H2,1-7H3. The SMILES string of the molecule is COc1cc2c(c(OC)c1OC)-c1c3cc4c(c1OCC(C)C(C)(O)C(=O)OC2C(C)C(C)C3)OCO4. The van der Waals surface area contributed by atoms with Crippen LogP contribution in [0.2, 0.25) is 0 Å². The van der Waals surface area contributed by atoms with Crippen LogP contribution in [0.3, 0.4) is 0 Å². The van der Waals surface area contributed by atoms with Crippen LogP contribution in [-0.2, 0) is 16.0 Å². The summed E-state index contributed by atoms with van der Waals surface area (Å²) in [5.41, 5.74) is 1.27. The first-order chi connectivity index (χ1) is 17.6. The van der Waals surface area contributed by atoms with Crippen LogP contribution in [0.1, 0.15) is 44.9 Å². The van der Waals surface area contributed by atoms with Gasteiger partial charge >= 0.3 is 5.97 Å². The minimum atomic E-state index is -1.79. The van der Waals surface area contributed by atoms with Crippen molar-refractivity contribution in [3.05, 3.63) is 23.3 Å². The molecule has 0 saturated carbocycles. The quantitative estimate of drug-likeness (QED) is 0.601. The van der Waals surface area contributed by atoms with E-state index in [9.17, 15) is 9.90 Å². The molecule has 9 nitrogen and oxygen atoms in total. The molecule has 0 aromatic heterocycles. The molecule has 2 aromatic carbocycles. The summed E-state index contributed by atoms with van der Waals surface area (Å²) in [6.07, 6.45) is -0.0603. The van der Waals surface area contributed by atoms with Gasteiger partial charge in [0.25, 0.3) is 0 Å². The molecule has 0 amide bonds. The maximum absolute atomic E-state index is 13.5. The van der Waals surface area contributed by atoms with Crippen LogP contribution in [0, 0.1) is 17.8 Å². The van der Waals surface area contributed by atoms with Gasteiger partial charge in [0.2, 0.25) is 18.3 Å². The third kappa shape index (κ3) is 3.82. The molecular formula is C28H34O9. The number of carbonyl (C=O) groups is 1. The largest absolute Gasteiger partial charge is 0.493 e. The summed E-state index contributed by atoms with van der Waals surface area (Å²) in [5, 5.41) is 11.3. The van der Waals surface area contributed by atoms with Crippen LogP contribution in [0.15, 0.2) is 12.1 Å². The fraction of sp³-hybridized carbons (Fsp3) is 0.536. The number of rotatable bonds is 3. The number of methoxy groups -OCH3 is 3. The van der Waals surface area contributed by atoms with Gasteiger partial charge in [-0.2, -0.15) is 0 Å². The monoisotopic (exact) mass is 514 g/mol. The fourth-order valence-corrected chi connectivity index (χ4v) is 5.38. The van der Waals surface area contributed by atoms with E-state index in [0.717, 1.165) is 11.1 Å². The number of aliphatic hydroxyl groups is 1. The number of esters is 1. The zero-order chi connectivity index (χ0) is 26.6. The molecule has 37 heavy (non-hydrogen) atoms. The molecule has 2 heterocycles. The highest BCUT2D eigenvalue weighted by molar-refractivity contribution is 5.89. The second-order valence-electron chi connectivity index (χ2n) is 10.3. The van der Waals surface area contributed by atoms with Crippen LogP contribution < -0.4 is 28.4 Å². The van der Waals surface area contributed by atoms with Gasteiger partial charge in [0.05, 0.1) is 27.9 Å². The van der Waals surface area contributed by atoms with Crippen LogP contribution in [0.5, 0.6) is 34.5 Å². The Hall–Kier alpha value is -3.33. The Bertz CT molecular complexity index is 1240. The van der Waals surface area contributed by atoms with Gasteiger partial charge in [-0.15, -0.1) is 0 Å². The summed E-state index contributed by atoms with van der Waals surface area (Å²) in [4.78, 5) is 13.5. The Morgan fingerprint density at radius 2 is 1.68 bits per heavy atom. The molecule has 1 aliphatic carbocycles. The number of fused-ring (bicyclic) bond motifs is 2. The van der Waals surface area contributed by atoms with Gasteiger partial charge in [0, 0.05) is 28.5 Å². The first-order valence-corrected chi connectivity index (χ1v) is 12.5. The molecule has 0 radical (unpaired) electrons. The molecule has 0 fully saturated rings. The average Bonchev–Trinajstić information content (AvgIpc) is 3.35. The van der Waals surface area contributed by atoms with E-state index in [1.54, 1.807) is 28.3 Å². The number of hydrogen-bond donors (Lipinski definition) is 1. The molecule has 2 aromatic rings. The predicted molar refractivity (Wildman–Crippen MR) is 134 cm³/mol. The maximum atomic E-state index is 13.5. The summed E-state index contributed by atoms with van der Waals surface area (Å²) in [6.45, 7) is 7.47. The van der Waals surface area contributed by atoms with Gasteiger partial charge in [-0.1, -0.05) is 20.8 Å². The highest BCUT2D eigenvalue weighted by Gasteiger charge is 2.45. The van der Waals surface area contributed by atoms with Crippen molar-refractivity contribution in [3.63, 3.8) is 0 Å². The van der Waals surface area contributed by atoms with Crippen LogP contribution in [0.4, 0.5) is 0 Å². The van der Waals surface area contributed by atoms with Crippen molar-refractivity contribution in [2.45, 2.75) is 45.8 Å². The third-order valence-electron chi connectivity index (χ3n) is 8.12. The van der Waals surface area contributed by atoms with E-state index in [0.29, 0.717) is 52.0 Å². The second-order valence-corrected chi connectivity index (χ2v) is 10.3. The summed E-state index contributed by atoms with van der Waals surface area (Å²) >= 11 is 0. The van der Waals surface area contributed by atoms with Crippen LogP contribution in [-0.4, -0.2) is 51.4 Å². The molecule has 0 spiro atoms. The number of ether oxygens (including phenoxy) is 7. The second kappa shape index (κ2) is 9.20. The van der Waals surface area contributed by atoms with Gasteiger partial charge in [-0.3, -0.25) is 0 Å². The fourth-order valence-electron chi connectivity index (χ4n) is 5.38. The molecule has 2 aliphatic heterocycles. The van der Waals surface area contributed by atoms with E-state index in [1.807, 2.05) is 19.1 Å². The van der Waals surface area contributed by atoms with Crippen molar-refractivity contribution in [3.8, 4) is 45.6 Å². The van der Waals surface area contributed by atoms with E-state index in [1.165, 1.54) is 6.92 Å². The number of carbonyl (C=O) groups excluding carboxylic acids is 1. The van der Waals surface area contributed by atoms with Gasteiger partial charge in [0.15, 0.2) is 28.6 Å². The molecule has 5 unspecified atom stereocenters. The molecule has 200 valence electrons. The third-order valence-corrected chi connectivity index (χ3v) is 8.12. The van der Waals surface area contributed by atoms with Gasteiger partial charge in [0.1, 0.15) is 6.10 Å². The Morgan fingerprint density at radius 3 is 2.35 bits per heavy atom.